The first-order chi connectivity index (χ1) is 10.3. The molecule has 2 aromatic rings. The highest BCUT2D eigenvalue weighted by Crippen LogP contribution is 2.29. The van der Waals surface area contributed by atoms with E-state index in [0.717, 1.165) is 4.88 Å². The van der Waals surface area contributed by atoms with Crippen LogP contribution in [0.15, 0.2) is 29.3 Å². The van der Waals surface area contributed by atoms with Crippen molar-refractivity contribution in [3.05, 3.63) is 29.3 Å². The number of ether oxygens (including phenoxy) is 1. The van der Waals surface area contributed by atoms with Crippen molar-refractivity contribution in [1.29, 1.82) is 0 Å². The van der Waals surface area contributed by atoms with Crippen molar-refractivity contribution in [2.75, 3.05) is 17.1 Å². The summed E-state index contributed by atoms with van der Waals surface area (Å²) in [7, 11) is -2.50. The Bertz CT molecular complexity index is 799. The van der Waals surface area contributed by atoms with Crippen LogP contribution < -0.4 is 14.8 Å². The van der Waals surface area contributed by atoms with Gasteiger partial charge in [0.25, 0.3) is 10.0 Å². The molecular weight excluding hydrogens is 326 g/mol. The number of hydrogen-bond acceptors (Lipinski definition) is 6. The molecule has 1 amide bonds. The van der Waals surface area contributed by atoms with Gasteiger partial charge in [0.15, 0.2) is 5.13 Å². The van der Waals surface area contributed by atoms with Gasteiger partial charge in [0, 0.05) is 23.7 Å². The Morgan fingerprint density at radius 1 is 1.36 bits per heavy atom. The Kier molecular flexibility index (Phi) is 4.67. The van der Waals surface area contributed by atoms with Crippen molar-refractivity contribution in [3.8, 4) is 5.75 Å². The predicted octanol–water partition coefficient (Wildman–Crippen LogP) is 2.22. The van der Waals surface area contributed by atoms with E-state index >= 15 is 0 Å². The summed E-state index contributed by atoms with van der Waals surface area (Å²) in [5.74, 6) is -0.119. The number of hydrogen-bond donors (Lipinski definition) is 2. The lowest BCUT2D eigenvalue weighted by Gasteiger charge is -2.12. The van der Waals surface area contributed by atoms with Crippen LogP contribution in [0.4, 0.5) is 10.8 Å². The zero-order valence-electron chi connectivity index (χ0n) is 12.2. The highest BCUT2D eigenvalue weighted by atomic mass is 32.2. The third-order valence-electron chi connectivity index (χ3n) is 2.62. The maximum Gasteiger partial charge on any atom is 0.267 e. The van der Waals surface area contributed by atoms with Crippen LogP contribution in [0.2, 0.25) is 0 Å². The average Bonchev–Trinajstić information content (AvgIpc) is 2.82. The van der Waals surface area contributed by atoms with Gasteiger partial charge >= 0.3 is 0 Å². The van der Waals surface area contributed by atoms with Crippen LogP contribution in [0.3, 0.4) is 0 Å². The molecule has 1 heterocycles. The van der Waals surface area contributed by atoms with Gasteiger partial charge in [-0.05, 0) is 25.1 Å². The molecule has 0 aliphatic heterocycles. The van der Waals surface area contributed by atoms with Gasteiger partial charge in [-0.25, -0.2) is 13.4 Å². The molecular formula is C13H15N3O4S2. The van der Waals surface area contributed by atoms with Crippen LogP contribution in [0.25, 0.3) is 0 Å². The zero-order valence-corrected chi connectivity index (χ0v) is 13.8. The van der Waals surface area contributed by atoms with Crippen LogP contribution >= 0.6 is 11.3 Å². The highest BCUT2D eigenvalue weighted by molar-refractivity contribution is 7.93. The fourth-order valence-electron chi connectivity index (χ4n) is 1.74. The SMILES string of the molecule is COc1ccc(NC(C)=O)cc1S(=O)(=O)Nc1ncc(C)s1. The number of methoxy groups -OCH3 is 1. The summed E-state index contributed by atoms with van der Waals surface area (Å²) in [6.07, 6.45) is 1.58. The zero-order chi connectivity index (χ0) is 16.3. The van der Waals surface area contributed by atoms with Crippen LogP contribution in [0, 0.1) is 6.92 Å². The Hall–Kier alpha value is -2.13. The van der Waals surface area contributed by atoms with Gasteiger partial charge < -0.3 is 10.1 Å². The molecule has 2 N–H and O–H groups in total. The topological polar surface area (TPSA) is 97.4 Å². The molecule has 0 aliphatic rings. The van der Waals surface area contributed by atoms with Crippen molar-refractivity contribution in [1.82, 2.24) is 4.98 Å². The first-order valence-corrected chi connectivity index (χ1v) is 8.52. The molecule has 0 radical (unpaired) electrons. The van der Waals surface area contributed by atoms with E-state index in [1.807, 2.05) is 6.92 Å². The third kappa shape index (κ3) is 3.74. The van der Waals surface area contributed by atoms with E-state index in [1.165, 1.54) is 37.5 Å². The number of aryl methyl sites for hydroxylation is 1. The molecule has 2 rings (SSSR count). The Labute approximate surface area is 132 Å². The lowest BCUT2D eigenvalue weighted by molar-refractivity contribution is -0.114. The molecule has 22 heavy (non-hydrogen) atoms. The number of anilines is 2. The van der Waals surface area contributed by atoms with Crippen LogP contribution in [-0.4, -0.2) is 26.4 Å². The maximum atomic E-state index is 12.5. The number of carbonyl (C=O) groups excluding carboxylic acids is 1. The first kappa shape index (κ1) is 16.2. The van der Waals surface area contributed by atoms with E-state index < -0.39 is 10.0 Å². The number of carbonyl (C=O) groups is 1. The lowest BCUT2D eigenvalue weighted by Crippen LogP contribution is -2.15. The van der Waals surface area contributed by atoms with Crippen LogP contribution in [0.1, 0.15) is 11.8 Å². The minimum absolute atomic E-state index is 0.0749. The van der Waals surface area contributed by atoms with Gasteiger partial charge in [0.05, 0.1) is 7.11 Å². The molecule has 0 saturated carbocycles. The number of benzene rings is 1. The predicted molar refractivity (Wildman–Crippen MR) is 85.0 cm³/mol. The van der Waals surface area contributed by atoms with Crippen LogP contribution in [-0.2, 0) is 14.8 Å². The molecule has 7 nitrogen and oxygen atoms in total. The minimum atomic E-state index is -3.88. The molecule has 0 bridgehead atoms. The summed E-state index contributed by atoms with van der Waals surface area (Å²) in [5.41, 5.74) is 0.365. The number of nitrogens with zero attached hydrogens (tertiary/aromatic N) is 1. The number of nitrogens with one attached hydrogen (secondary N) is 2. The fraction of sp³-hybridized carbons (Fsp3) is 0.231. The Morgan fingerprint density at radius 2 is 2.09 bits per heavy atom. The fourth-order valence-corrected chi connectivity index (χ4v) is 3.84. The summed E-state index contributed by atoms with van der Waals surface area (Å²) in [5, 5.41) is 2.80. The first-order valence-electron chi connectivity index (χ1n) is 6.22. The molecule has 0 saturated heterocycles. The Balaban J connectivity index is 2.41. The van der Waals surface area contributed by atoms with Gasteiger partial charge in [-0.3, -0.25) is 9.52 Å². The van der Waals surface area contributed by atoms with Gasteiger partial charge in [0.1, 0.15) is 10.6 Å². The maximum absolute atomic E-state index is 12.5. The summed E-state index contributed by atoms with van der Waals surface area (Å²) < 4.78 is 32.5. The number of aromatic nitrogens is 1. The number of rotatable bonds is 5. The number of thiazole rings is 1. The molecule has 0 atom stereocenters. The summed E-state index contributed by atoms with van der Waals surface area (Å²) in [6, 6.07) is 4.38. The van der Waals surface area contributed by atoms with Gasteiger partial charge in [-0.2, -0.15) is 0 Å². The van der Waals surface area contributed by atoms with Crippen molar-refractivity contribution in [2.24, 2.45) is 0 Å². The average molecular weight is 341 g/mol. The molecule has 0 spiro atoms. The number of amides is 1. The monoisotopic (exact) mass is 341 g/mol. The van der Waals surface area contributed by atoms with Crippen molar-refractivity contribution >= 4 is 38.1 Å². The van der Waals surface area contributed by atoms with E-state index in [9.17, 15) is 13.2 Å². The normalized spacial score (nSPS) is 11.0. The second-order valence-corrected chi connectivity index (χ2v) is 7.31. The van der Waals surface area contributed by atoms with Gasteiger partial charge in [-0.15, -0.1) is 11.3 Å². The van der Waals surface area contributed by atoms with Crippen molar-refractivity contribution in [2.45, 2.75) is 18.7 Å². The van der Waals surface area contributed by atoms with E-state index in [-0.39, 0.29) is 21.7 Å². The largest absolute Gasteiger partial charge is 0.495 e. The second-order valence-electron chi connectivity index (χ2n) is 4.43. The molecule has 1 aromatic heterocycles. The molecule has 0 fully saturated rings. The molecule has 1 aromatic carbocycles. The van der Waals surface area contributed by atoms with E-state index in [4.69, 9.17) is 4.74 Å². The van der Waals surface area contributed by atoms with Gasteiger partial charge in [0.2, 0.25) is 5.91 Å². The molecule has 118 valence electrons. The minimum Gasteiger partial charge on any atom is -0.495 e. The van der Waals surface area contributed by atoms with Crippen molar-refractivity contribution in [3.63, 3.8) is 0 Å². The molecule has 0 aliphatic carbocycles. The molecule has 9 heteroatoms. The summed E-state index contributed by atoms with van der Waals surface area (Å²) >= 11 is 1.23. The third-order valence-corrected chi connectivity index (χ3v) is 4.93. The smallest absolute Gasteiger partial charge is 0.267 e. The van der Waals surface area contributed by atoms with Gasteiger partial charge in [-0.1, -0.05) is 0 Å². The van der Waals surface area contributed by atoms with E-state index in [1.54, 1.807) is 12.3 Å². The summed E-state index contributed by atoms with van der Waals surface area (Å²) in [4.78, 5) is 15.9. The summed E-state index contributed by atoms with van der Waals surface area (Å²) in [6.45, 7) is 3.17. The number of sulfonamides is 1. The second kappa shape index (κ2) is 6.32. The van der Waals surface area contributed by atoms with E-state index in [0.29, 0.717) is 5.69 Å². The standard InChI is InChI=1S/C13H15N3O4S2/c1-8-7-14-13(21-8)16-22(18,19)12-6-10(15-9(2)17)4-5-11(12)20-3/h4-7H,1-3H3,(H,14,16)(H,15,17). The molecule has 0 unspecified atom stereocenters. The van der Waals surface area contributed by atoms with Crippen molar-refractivity contribution < 1.29 is 17.9 Å². The lowest BCUT2D eigenvalue weighted by atomic mass is 10.3. The van der Waals surface area contributed by atoms with E-state index in [2.05, 4.69) is 15.0 Å². The highest BCUT2D eigenvalue weighted by Gasteiger charge is 2.21. The Morgan fingerprint density at radius 3 is 2.64 bits per heavy atom. The van der Waals surface area contributed by atoms with Crippen LogP contribution in [0.5, 0.6) is 5.75 Å². The quantitative estimate of drug-likeness (QED) is 0.869.